The molecule has 0 fully saturated rings. The predicted octanol–water partition coefficient (Wildman–Crippen LogP) is 0.556. The van der Waals surface area contributed by atoms with Crippen molar-refractivity contribution in [2.45, 2.75) is 0 Å². The number of anilines is 1. The number of benzene rings is 1. The molecule has 0 saturated heterocycles. The number of hydrogen-bond acceptors (Lipinski definition) is 5. The van der Waals surface area contributed by atoms with Crippen LogP contribution in [0, 0.1) is 10.1 Å². The Bertz CT molecular complexity index is 501. The van der Waals surface area contributed by atoms with Gasteiger partial charge in [-0.1, -0.05) is 12.1 Å². The zero-order valence-electron chi connectivity index (χ0n) is 9.21. The first-order valence-electron chi connectivity index (χ1n) is 4.85. The van der Waals surface area contributed by atoms with Gasteiger partial charge < -0.3 is 5.32 Å². The largest absolute Gasteiger partial charge is 0.378 e. The predicted molar refractivity (Wildman–Crippen MR) is 64.4 cm³/mol. The lowest BCUT2D eigenvalue weighted by atomic mass is 10.2. The number of nitro benzene ring substituents is 1. The van der Waals surface area contributed by atoms with Gasteiger partial charge in [-0.15, -0.1) is 0 Å². The van der Waals surface area contributed by atoms with Crippen LogP contribution in [0.15, 0.2) is 24.3 Å². The fourth-order valence-electron chi connectivity index (χ4n) is 1.20. The van der Waals surface area contributed by atoms with E-state index in [-0.39, 0.29) is 18.0 Å². The summed E-state index contributed by atoms with van der Waals surface area (Å²) >= 11 is 0. The number of sulfonamides is 1. The first-order chi connectivity index (χ1) is 7.96. The Balaban J connectivity index is 2.67. The van der Waals surface area contributed by atoms with E-state index in [1.165, 1.54) is 19.2 Å². The molecule has 0 radical (unpaired) electrons. The van der Waals surface area contributed by atoms with Gasteiger partial charge in [0.1, 0.15) is 5.69 Å². The minimum absolute atomic E-state index is 0.0747. The quantitative estimate of drug-likeness (QED) is 0.574. The molecule has 0 aliphatic heterocycles. The standard InChI is InChI=1S/C9H13N3O4S/c1-10-17(15,16)7-6-11-8-4-2-3-5-9(8)12(13)14/h2-5,10-11H,6-7H2,1H3. The molecule has 0 spiro atoms. The highest BCUT2D eigenvalue weighted by atomic mass is 32.2. The smallest absolute Gasteiger partial charge is 0.292 e. The average Bonchev–Trinajstić information content (AvgIpc) is 2.29. The van der Waals surface area contributed by atoms with Gasteiger partial charge in [-0.2, -0.15) is 0 Å². The van der Waals surface area contributed by atoms with Crippen LogP contribution in [0.1, 0.15) is 0 Å². The van der Waals surface area contributed by atoms with E-state index in [0.717, 1.165) is 0 Å². The van der Waals surface area contributed by atoms with E-state index in [1.807, 2.05) is 0 Å². The van der Waals surface area contributed by atoms with Crippen molar-refractivity contribution >= 4 is 21.4 Å². The third kappa shape index (κ3) is 4.00. The number of rotatable bonds is 6. The van der Waals surface area contributed by atoms with E-state index in [0.29, 0.717) is 5.69 Å². The van der Waals surface area contributed by atoms with Crippen LogP contribution in [0.25, 0.3) is 0 Å². The summed E-state index contributed by atoms with van der Waals surface area (Å²) in [5.41, 5.74) is 0.234. The van der Waals surface area contributed by atoms with Crippen molar-refractivity contribution in [3.05, 3.63) is 34.4 Å². The van der Waals surface area contributed by atoms with Crippen LogP contribution in [-0.4, -0.2) is 32.7 Å². The average molecular weight is 259 g/mol. The molecule has 0 aliphatic carbocycles. The molecule has 94 valence electrons. The van der Waals surface area contributed by atoms with E-state index in [2.05, 4.69) is 10.0 Å². The molecule has 0 atom stereocenters. The second-order valence-electron chi connectivity index (χ2n) is 3.22. The summed E-state index contributed by atoms with van der Waals surface area (Å²) in [6.07, 6.45) is 0. The van der Waals surface area contributed by atoms with Crippen molar-refractivity contribution in [2.24, 2.45) is 0 Å². The Morgan fingerprint density at radius 3 is 2.59 bits per heavy atom. The van der Waals surface area contributed by atoms with Gasteiger partial charge in [-0.3, -0.25) is 10.1 Å². The van der Waals surface area contributed by atoms with Crippen molar-refractivity contribution < 1.29 is 13.3 Å². The zero-order valence-corrected chi connectivity index (χ0v) is 10.0. The Morgan fingerprint density at radius 2 is 2.00 bits per heavy atom. The summed E-state index contributed by atoms with van der Waals surface area (Å²) in [5.74, 6) is -0.143. The molecule has 0 unspecified atom stereocenters. The molecule has 1 aromatic rings. The molecule has 0 amide bonds. The van der Waals surface area contributed by atoms with Crippen LogP contribution >= 0.6 is 0 Å². The number of nitrogens with zero attached hydrogens (tertiary/aromatic N) is 1. The van der Waals surface area contributed by atoms with Gasteiger partial charge in [-0.05, 0) is 13.1 Å². The first kappa shape index (κ1) is 13.4. The molecular weight excluding hydrogens is 246 g/mol. The fraction of sp³-hybridized carbons (Fsp3) is 0.333. The molecular formula is C9H13N3O4S. The normalized spacial score (nSPS) is 11.1. The molecule has 0 bridgehead atoms. The maximum Gasteiger partial charge on any atom is 0.292 e. The first-order valence-corrected chi connectivity index (χ1v) is 6.50. The van der Waals surface area contributed by atoms with Crippen molar-refractivity contribution in [2.75, 3.05) is 24.7 Å². The summed E-state index contributed by atoms with van der Waals surface area (Å²) in [6.45, 7) is 0.105. The van der Waals surface area contributed by atoms with Crippen molar-refractivity contribution in [1.82, 2.24) is 4.72 Å². The molecule has 1 aromatic carbocycles. The molecule has 0 aliphatic rings. The highest BCUT2D eigenvalue weighted by molar-refractivity contribution is 7.89. The number of nitrogens with one attached hydrogen (secondary N) is 2. The van der Waals surface area contributed by atoms with Crippen molar-refractivity contribution in [3.8, 4) is 0 Å². The minimum Gasteiger partial charge on any atom is -0.378 e. The Kier molecular flexibility index (Phi) is 4.41. The van der Waals surface area contributed by atoms with E-state index >= 15 is 0 Å². The van der Waals surface area contributed by atoms with Crippen LogP contribution in [0.2, 0.25) is 0 Å². The molecule has 2 N–H and O–H groups in total. The number of para-hydroxylation sites is 2. The van der Waals surface area contributed by atoms with E-state index in [1.54, 1.807) is 12.1 Å². The Morgan fingerprint density at radius 1 is 1.35 bits per heavy atom. The molecule has 0 aromatic heterocycles. The van der Waals surface area contributed by atoms with Crippen LogP contribution in [0.3, 0.4) is 0 Å². The van der Waals surface area contributed by atoms with Crippen molar-refractivity contribution in [1.29, 1.82) is 0 Å². The third-order valence-electron chi connectivity index (χ3n) is 2.10. The monoisotopic (exact) mass is 259 g/mol. The molecule has 0 heterocycles. The number of hydrogen-bond donors (Lipinski definition) is 2. The van der Waals surface area contributed by atoms with Gasteiger partial charge in [0.25, 0.3) is 5.69 Å². The van der Waals surface area contributed by atoms with Crippen LogP contribution in [0.4, 0.5) is 11.4 Å². The Labute approximate surface area is 99.0 Å². The third-order valence-corrected chi connectivity index (χ3v) is 3.46. The highest BCUT2D eigenvalue weighted by Gasteiger charge is 2.12. The van der Waals surface area contributed by atoms with Crippen LogP contribution in [0.5, 0.6) is 0 Å². The van der Waals surface area contributed by atoms with Crippen molar-refractivity contribution in [3.63, 3.8) is 0 Å². The van der Waals surface area contributed by atoms with Gasteiger partial charge in [0.2, 0.25) is 10.0 Å². The summed E-state index contributed by atoms with van der Waals surface area (Å²) < 4.78 is 24.4. The second-order valence-corrected chi connectivity index (χ2v) is 5.27. The van der Waals surface area contributed by atoms with E-state index < -0.39 is 14.9 Å². The van der Waals surface area contributed by atoms with E-state index in [4.69, 9.17) is 0 Å². The summed E-state index contributed by atoms with van der Waals surface area (Å²) in [4.78, 5) is 10.2. The molecule has 17 heavy (non-hydrogen) atoms. The van der Waals surface area contributed by atoms with Crippen LogP contribution in [-0.2, 0) is 10.0 Å². The van der Waals surface area contributed by atoms with Crippen LogP contribution < -0.4 is 10.0 Å². The van der Waals surface area contributed by atoms with E-state index in [9.17, 15) is 18.5 Å². The summed E-state index contributed by atoms with van der Waals surface area (Å²) in [6, 6.07) is 6.08. The minimum atomic E-state index is -3.31. The lowest BCUT2D eigenvalue weighted by Gasteiger charge is -2.06. The summed E-state index contributed by atoms with van der Waals surface area (Å²) in [5, 5.41) is 13.4. The maximum atomic E-state index is 11.1. The fourth-order valence-corrected chi connectivity index (χ4v) is 1.78. The SMILES string of the molecule is CNS(=O)(=O)CCNc1ccccc1[N+](=O)[O-]. The topological polar surface area (TPSA) is 101 Å². The Hall–Kier alpha value is -1.67. The maximum absolute atomic E-state index is 11.1. The van der Waals surface area contributed by atoms with Gasteiger partial charge in [0.15, 0.2) is 0 Å². The summed E-state index contributed by atoms with van der Waals surface area (Å²) in [7, 11) is -1.99. The number of nitro groups is 1. The molecule has 0 saturated carbocycles. The molecule has 8 heteroatoms. The lowest BCUT2D eigenvalue weighted by Crippen LogP contribution is -2.26. The molecule has 7 nitrogen and oxygen atoms in total. The van der Waals surface area contributed by atoms with Gasteiger partial charge in [-0.25, -0.2) is 13.1 Å². The molecule has 1 rings (SSSR count). The van der Waals surface area contributed by atoms with Gasteiger partial charge in [0.05, 0.1) is 10.7 Å². The van der Waals surface area contributed by atoms with Gasteiger partial charge >= 0.3 is 0 Å². The zero-order chi connectivity index (χ0) is 12.9. The second kappa shape index (κ2) is 5.60. The lowest BCUT2D eigenvalue weighted by molar-refractivity contribution is -0.384. The highest BCUT2D eigenvalue weighted by Crippen LogP contribution is 2.22. The van der Waals surface area contributed by atoms with Gasteiger partial charge in [0, 0.05) is 12.6 Å².